The Kier molecular flexibility index (Phi) is 3.69. The third kappa shape index (κ3) is 2.44. The zero-order chi connectivity index (χ0) is 16.8. The van der Waals surface area contributed by atoms with Crippen molar-refractivity contribution in [2.24, 2.45) is 0 Å². The predicted octanol–water partition coefficient (Wildman–Crippen LogP) is 6.84. The van der Waals surface area contributed by atoms with Crippen LogP contribution in [0, 0.1) is 13.8 Å². The van der Waals surface area contributed by atoms with Gasteiger partial charge in [-0.3, -0.25) is 0 Å². The molecule has 0 amide bonds. The molecule has 3 heteroatoms. The van der Waals surface area contributed by atoms with Crippen LogP contribution in [0.25, 0.3) is 32.0 Å². The quantitative estimate of drug-likeness (QED) is 0.409. The zero-order valence-electron chi connectivity index (χ0n) is 14.5. The van der Waals surface area contributed by atoms with Crippen LogP contribution < -0.4 is 0 Å². The maximum Gasteiger partial charge on any atom is 0.164 e. The first-order chi connectivity index (χ1) is 11.6. The van der Waals surface area contributed by atoms with Crippen molar-refractivity contribution in [3.05, 3.63) is 53.1 Å². The van der Waals surface area contributed by atoms with E-state index in [4.69, 9.17) is 9.40 Å². The summed E-state index contributed by atoms with van der Waals surface area (Å²) in [6.07, 6.45) is 1.15. The smallest absolute Gasteiger partial charge is 0.164 e. The number of rotatable bonds is 3. The molecule has 0 N–H and O–H groups in total. The zero-order valence-corrected chi connectivity index (χ0v) is 15.3. The Morgan fingerprint density at radius 1 is 1.08 bits per heavy atom. The molecule has 1 unspecified atom stereocenters. The number of aromatic nitrogens is 1. The Hall–Kier alpha value is -2.13. The van der Waals surface area contributed by atoms with Crippen LogP contribution in [0.2, 0.25) is 0 Å². The topological polar surface area (TPSA) is 26.0 Å². The molecule has 0 bridgehead atoms. The molecular formula is C21H21NOS. The summed E-state index contributed by atoms with van der Waals surface area (Å²) in [5, 5.41) is 2.12. The molecule has 2 aromatic carbocycles. The maximum atomic E-state index is 6.08. The standard InChI is InChI=1S/C21H21NOS/c1-5-12(2)15-8-9-17-16(10-15)11-18(23-17)21-22-19-13(3)6-7-14(4)20(19)24-21/h6-12H,5H2,1-4H3. The highest BCUT2D eigenvalue weighted by molar-refractivity contribution is 7.21. The van der Waals surface area contributed by atoms with Crippen molar-refractivity contribution in [3.8, 4) is 10.8 Å². The number of furan rings is 1. The highest BCUT2D eigenvalue weighted by Gasteiger charge is 2.14. The third-order valence-electron chi connectivity index (χ3n) is 4.87. The van der Waals surface area contributed by atoms with E-state index in [1.54, 1.807) is 11.3 Å². The van der Waals surface area contributed by atoms with E-state index in [-0.39, 0.29) is 0 Å². The van der Waals surface area contributed by atoms with Crippen LogP contribution in [0.4, 0.5) is 0 Å². The summed E-state index contributed by atoms with van der Waals surface area (Å²) >= 11 is 1.72. The molecule has 0 aliphatic carbocycles. The molecule has 0 saturated heterocycles. The first-order valence-corrected chi connectivity index (χ1v) is 9.29. The lowest BCUT2D eigenvalue weighted by Gasteiger charge is -2.07. The fourth-order valence-electron chi connectivity index (χ4n) is 3.07. The van der Waals surface area contributed by atoms with E-state index in [1.807, 2.05) is 0 Å². The van der Waals surface area contributed by atoms with Crippen molar-refractivity contribution < 1.29 is 4.42 Å². The Morgan fingerprint density at radius 3 is 2.62 bits per heavy atom. The van der Waals surface area contributed by atoms with Crippen molar-refractivity contribution in [3.63, 3.8) is 0 Å². The van der Waals surface area contributed by atoms with Gasteiger partial charge in [0.15, 0.2) is 10.8 Å². The van der Waals surface area contributed by atoms with Gasteiger partial charge in [0, 0.05) is 5.39 Å². The van der Waals surface area contributed by atoms with E-state index in [0.717, 1.165) is 33.7 Å². The summed E-state index contributed by atoms with van der Waals surface area (Å²) in [6.45, 7) is 8.74. The molecule has 0 fully saturated rings. The van der Waals surface area contributed by atoms with Crippen LogP contribution >= 0.6 is 11.3 Å². The van der Waals surface area contributed by atoms with Crippen molar-refractivity contribution in [1.82, 2.24) is 4.98 Å². The molecule has 2 aromatic heterocycles. The van der Waals surface area contributed by atoms with E-state index in [2.05, 4.69) is 64.1 Å². The van der Waals surface area contributed by atoms with Gasteiger partial charge in [0.2, 0.25) is 0 Å². The second kappa shape index (κ2) is 5.75. The lowest BCUT2D eigenvalue weighted by Crippen LogP contribution is -1.89. The van der Waals surface area contributed by atoms with Gasteiger partial charge in [-0.15, -0.1) is 11.3 Å². The van der Waals surface area contributed by atoms with Crippen LogP contribution in [-0.4, -0.2) is 4.98 Å². The van der Waals surface area contributed by atoms with E-state index in [9.17, 15) is 0 Å². The second-order valence-corrected chi connectivity index (χ2v) is 7.61. The third-order valence-corrected chi connectivity index (χ3v) is 6.08. The Balaban J connectivity index is 1.84. The minimum atomic E-state index is 0.570. The number of hydrogen-bond donors (Lipinski definition) is 0. The van der Waals surface area contributed by atoms with Gasteiger partial charge in [-0.05, 0) is 61.1 Å². The van der Waals surface area contributed by atoms with Crippen LogP contribution in [0.1, 0.15) is 42.9 Å². The normalized spacial score (nSPS) is 13.0. The lowest BCUT2D eigenvalue weighted by atomic mass is 9.98. The van der Waals surface area contributed by atoms with E-state index >= 15 is 0 Å². The molecule has 2 heterocycles. The minimum absolute atomic E-state index is 0.570. The molecule has 0 aliphatic heterocycles. The van der Waals surface area contributed by atoms with Crippen molar-refractivity contribution >= 4 is 32.5 Å². The van der Waals surface area contributed by atoms with E-state index in [0.29, 0.717) is 5.92 Å². The summed E-state index contributed by atoms with van der Waals surface area (Å²) in [4.78, 5) is 4.84. The van der Waals surface area contributed by atoms with Gasteiger partial charge in [-0.2, -0.15) is 0 Å². The summed E-state index contributed by atoms with van der Waals surface area (Å²) in [6, 6.07) is 12.9. The maximum absolute atomic E-state index is 6.08. The van der Waals surface area contributed by atoms with Crippen LogP contribution in [0.5, 0.6) is 0 Å². The highest BCUT2D eigenvalue weighted by atomic mass is 32.1. The predicted molar refractivity (Wildman–Crippen MR) is 103 cm³/mol. The number of thiazole rings is 1. The average Bonchev–Trinajstić information content (AvgIpc) is 3.21. The molecule has 0 aliphatic rings. The molecule has 4 rings (SSSR count). The van der Waals surface area contributed by atoms with Crippen molar-refractivity contribution in [2.45, 2.75) is 40.0 Å². The number of fused-ring (bicyclic) bond motifs is 2. The average molecular weight is 335 g/mol. The van der Waals surface area contributed by atoms with Crippen LogP contribution in [-0.2, 0) is 0 Å². The van der Waals surface area contributed by atoms with Crippen LogP contribution in [0.15, 0.2) is 40.8 Å². The van der Waals surface area contributed by atoms with Gasteiger partial charge in [0.1, 0.15) is 5.58 Å². The Morgan fingerprint density at radius 2 is 1.88 bits per heavy atom. The molecule has 2 nitrogen and oxygen atoms in total. The summed E-state index contributed by atoms with van der Waals surface area (Å²) in [7, 11) is 0. The van der Waals surface area contributed by atoms with Crippen molar-refractivity contribution in [2.75, 3.05) is 0 Å². The molecule has 0 spiro atoms. The molecule has 0 saturated carbocycles. The molecule has 0 radical (unpaired) electrons. The van der Waals surface area contributed by atoms with Gasteiger partial charge in [-0.25, -0.2) is 4.98 Å². The Bertz CT molecular complexity index is 1000. The number of aryl methyl sites for hydroxylation is 2. The summed E-state index contributed by atoms with van der Waals surface area (Å²) in [5.74, 6) is 1.44. The van der Waals surface area contributed by atoms with Gasteiger partial charge < -0.3 is 4.42 Å². The molecule has 1 atom stereocenters. The van der Waals surface area contributed by atoms with Gasteiger partial charge >= 0.3 is 0 Å². The van der Waals surface area contributed by atoms with Crippen LogP contribution in [0.3, 0.4) is 0 Å². The van der Waals surface area contributed by atoms with Crippen molar-refractivity contribution in [1.29, 1.82) is 0 Å². The fraction of sp³-hybridized carbons (Fsp3) is 0.286. The monoisotopic (exact) mass is 335 g/mol. The number of nitrogens with zero attached hydrogens (tertiary/aromatic N) is 1. The SMILES string of the molecule is CCC(C)c1ccc2oc(-c3nc4c(C)ccc(C)c4s3)cc2c1. The number of hydrogen-bond acceptors (Lipinski definition) is 3. The highest BCUT2D eigenvalue weighted by Crippen LogP contribution is 2.36. The van der Waals surface area contributed by atoms with Gasteiger partial charge in [0.05, 0.1) is 10.2 Å². The fourth-order valence-corrected chi connectivity index (χ4v) is 4.14. The van der Waals surface area contributed by atoms with E-state index in [1.165, 1.54) is 21.4 Å². The molecule has 4 aromatic rings. The van der Waals surface area contributed by atoms with Gasteiger partial charge in [-0.1, -0.05) is 32.0 Å². The van der Waals surface area contributed by atoms with Gasteiger partial charge in [0.25, 0.3) is 0 Å². The largest absolute Gasteiger partial charge is 0.454 e. The lowest BCUT2D eigenvalue weighted by molar-refractivity contribution is 0.630. The Labute approximate surface area is 146 Å². The summed E-state index contributed by atoms with van der Waals surface area (Å²) in [5.41, 5.74) is 5.89. The first kappa shape index (κ1) is 15.4. The number of benzene rings is 2. The minimum Gasteiger partial charge on any atom is -0.454 e. The second-order valence-electron chi connectivity index (χ2n) is 6.61. The molecule has 24 heavy (non-hydrogen) atoms. The summed E-state index contributed by atoms with van der Waals surface area (Å²) < 4.78 is 7.34. The molecular weight excluding hydrogens is 314 g/mol. The van der Waals surface area contributed by atoms with E-state index < -0.39 is 0 Å². The first-order valence-electron chi connectivity index (χ1n) is 8.47. The molecule has 122 valence electrons.